The Morgan fingerprint density at radius 1 is 1.59 bits per heavy atom. The zero-order valence-corrected chi connectivity index (χ0v) is 10.4. The van der Waals surface area contributed by atoms with Crippen LogP contribution < -0.4 is 11.1 Å². The number of amides is 1. The Balaban J connectivity index is 2.03. The van der Waals surface area contributed by atoms with Gasteiger partial charge in [0.1, 0.15) is 0 Å². The Morgan fingerprint density at radius 2 is 2.35 bits per heavy atom. The third kappa shape index (κ3) is 2.62. The molecule has 4 N–H and O–H groups in total. The topological polar surface area (TPSA) is 96.7 Å². The molecule has 0 saturated heterocycles. The van der Waals surface area contributed by atoms with E-state index in [0.717, 1.165) is 17.1 Å². The highest BCUT2D eigenvalue weighted by Crippen LogP contribution is 2.17. The van der Waals surface area contributed by atoms with Gasteiger partial charge in [-0.15, -0.1) is 11.3 Å². The van der Waals surface area contributed by atoms with Crippen LogP contribution in [0.5, 0.6) is 0 Å². The maximum atomic E-state index is 11.8. The summed E-state index contributed by atoms with van der Waals surface area (Å²) in [5, 5.41) is 11.9. The summed E-state index contributed by atoms with van der Waals surface area (Å²) < 4.78 is 0. The number of hydrogen-bond donors (Lipinski definition) is 3. The molecule has 2 heterocycles. The molecule has 0 aromatic carbocycles. The highest BCUT2D eigenvalue weighted by molar-refractivity contribution is 7.13. The summed E-state index contributed by atoms with van der Waals surface area (Å²) in [7, 11) is 0. The van der Waals surface area contributed by atoms with Gasteiger partial charge in [0.15, 0.2) is 5.13 Å². The molecule has 2 aromatic heterocycles. The monoisotopic (exact) mass is 251 g/mol. The van der Waals surface area contributed by atoms with Crippen molar-refractivity contribution in [1.29, 1.82) is 0 Å². The highest BCUT2D eigenvalue weighted by atomic mass is 32.1. The predicted octanol–water partition coefficient (Wildman–Crippen LogP) is 1.25. The first-order valence-electron chi connectivity index (χ1n) is 5.07. The van der Waals surface area contributed by atoms with E-state index in [1.54, 1.807) is 5.38 Å². The molecule has 0 radical (unpaired) electrons. The Morgan fingerprint density at radius 3 is 2.88 bits per heavy atom. The summed E-state index contributed by atoms with van der Waals surface area (Å²) in [4.78, 5) is 15.8. The van der Waals surface area contributed by atoms with Gasteiger partial charge in [-0.3, -0.25) is 9.89 Å². The van der Waals surface area contributed by atoms with Gasteiger partial charge in [-0.2, -0.15) is 5.10 Å². The van der Waals surface area contributed by atoms with E-state index >= 15 is 0 Å². The van der Waals surface area contributed by atoms with E-state index < -0.39 is 0 Å². The summed E-state index contributed by atoms with van der Waals surface area (Å²) in [6.45, 7) is 3.69. The lowest BCUT2D eigenvalue weighted by Gasteiger charge is -2.03. The Kier molecular flexibility index (Phi) is 3.10. The lowest BCUT2D eigenvalue weighted by atomic mass is 10.2. The van der Waals surface area contributed by atoms with E-state index in [1.165, 1.54) is 11.3 Å². The number of nitrogen functional groups attached to an aromatic ring is 1. The van der Waals surface area contributed by atoms with Gasteiger partial charge < -0.3 is 11.1 Å². The molecule has 2 rings (SSSR count). The molecular formula is C10H13N5OS. The number of nitrogens with zero attached hydrogens (tertiary/aromatic N) is 2. The van der Waals surface area contributed by atoms with Gasteiger partial charge in [0.2, 0.25) is 5.91 Å². The van der Waals surface area contributed by atoms with Crippen molar-refractivity contribution in [3.63, 3.8) is 0 Å². The number of carbonyl (C=O) groups excluding carboxylic acids is 1. The third-order valence-electron chi connectivity index (χ3n) is 2.30. The number of aryl methyl sites for hydroxylation is 2. The van der Waals surface area contributed by atoms with Crippen LogP contribution in [-0.2, 0) is 11.2 Å². The number of nitrogens with one attached hydrogen (secondary N) is 2. The van der Waals surface area contributed by atoms with Gasteiger partial charge in [0, 0.05) is 5.38 Å². The standard InChI is InChI=1S/C10H13N5OS/c1-5-9(6(2)15-14-5)13-8(16)3-7-4-17-10(11)12-7/h4H,3H2,1-2H3,(H2,11,12)(H,13,16)(H,14,15). The number of thiazole rings is 1. The van der Waals surface area contributed by atoms with Crippen molar-refractivity contribution in [3.8, 4) is 0 Å². The lowest BCUT2D eigenvalue weighted by Crippen LogP contribution is -2.15. The van der Waals surface area contributed by atoms with E-state index in [4.69, 9.17) is 5.73 Å². The van der Waals surface area contributed by atoms with Crippen LogP contribution in [0.1, 0.15) is 17.1 Å². The normalized spacial score (nSPS) is 10.5. The fourth-order valence-electron chi connectivity index (χ4n) is 1.49. The molecule has 0 bridgehead atoms. The van der Waals surface area contributed by atoms with Gasteiger partial charge in [0.25, 0.3) is 0 Å². The first-order valence-corrected chi connectivity index (χ1v) is 5.95. The molecule has 90 valence electrons. The van der Waals surface area contributed by atoms with Crippen LogP contribution in [0.2, 0.25) is 0 Å². The second-order valence-electron chi connectivity index (χ2n) is 3.71. The van der Waals surface area contributed by atoms with Crippen molar-refractivity contribution in [3.05, 3.63) is 22.5 Å². The first kappa shape index (κ1) is 11.6. The van der Waals surface area contributed by atoms with Gasteiger partial charge in [-0.1, -0.05) is 0 Å². The van der Waals surface area contributed by atoms with Gasteiger partial charge in [-0.25, -0.2) is 4.98 Å². The van der Waals surface area contributed by atoms with Crippen LogP contribution in [-0.4, -0.2) is 21.1 Å². The maximum Gasteiger partial charge on any atom is 0.230 e. The maximum absolute atomic E-state index is 11.8. The Bertz CT molecular complexity index is 525. The minimum absolute atomic E-state index is 0.122. The summed E-state index contributed by atoms with van der Waals surface area (Å²) in [6, 6.07) is 0. The zero-order chi connectivity index (χ0) is 12.4. The van der Waals surface area contributed by atoms with Crippen LogP contribution >= 0.6 is 11.3 Å². The van der Waals surface area contributed by atoms with Crippen molar-refractivity contribution < 1.29 is 4.79 Å². The molecule has 0 aliphatic heterocycles. The van der Waals surface area contributed by atoms with Crippen LogP contribution in [0, 0.1) is 13.8 Å². The van der Waals surface area contributed by atoms with Crippen molar-refractivity contribution in [2.24, 2.45) is 0 Å². The quantitative estimate of drug-likeness (QED) is 0.764. The van der Waals surface area contributed by atoms with E-state index in [-0.39, 0.29) is 12.3 Å². The van der Waals surface area contributed by atoms with E-state index in [2.05, 4.69) is 20.5 Å². The average molecular weight is 251 g/mol. The number of aromatic nitrogens is 3. The van der Waals surface area contributed by atoms with Crippen LogP contribution in [0.3, 0.4) is 0 Å². The van der Waals surface area contributed by atoms with Crippen LogP contribution in [0.25, 0.3) is 0 Å². The molecule has 2 aromatic rings. The Labute approximate surface area is 102 Å². The molecule has 0 unspecified atom stereocenters. The van der Waals surface area contributed by atoms with E-state index in [9.17, 15) is 4.79 Å². The number of hydrogen-bond acceptors (Lipinski definition) is 5. The molecule has 17 heavy (non-hydrogen) atoms. The summed E-state index contributed by atoms with van der Waals surface area (Å²) >= 11 is 1.33. The molecule has 0 fully saturated rings. The second kappa shape index (κ2) is 4.54. The third-order valence-corrected chi connectivity index (χ3v) is 3.03. The number of aromatic amines is 1. The zero-order valence-electron chi connectivity index (χ0n) is 9.57. The van der Waals surface area contributed by atoms with E-state index in [0.29, 0.717) is 10.8 Å². The number of H-pyrrole nitrogens is 1. The molecule has 0 spiro atoms. The molecule has 0 aliphatic carbocycles. The summed E-state index contributed by atoms with van der Waals surface area (Å²) in [6.07, 6.45) is 0.220. The smallest absolute Gasteiger partial charge is 0.230 e. The molecule has 0 aliphatic rings. The number of rotatable bonds is 3. The SMILES string of the molecule is Cc1n[nH]c(C)c1NC(=O)Cc1csc(N)n1. The highest BCUT2D eigenvalue weighted by Gasteiger charge is 2.11. The minimum Gasteiger partial charge on any atom is -0.375 e. The van der Waals surface area contributed by atoms with Crippen molar-refractivity contribution in [2.45, 2.75) is 20.3 Å². The Hall–Kier alpha value is -1.89. The lowest BCUT2D eigenvalue weighted by molar-refractivity contribution is -0.115. The fraction of sp³-hybridized carbons (Fsp3) is 0.300. The molecular weight excluding hydrogens is 238 g/mol. The van der Waals surface area contributed by atoms with Crippen LogP contribution in [0.4, 0.5) is 10.8 Å². The summed E-state index contributed by atoms with van der Waals surface area (Å²) in [5.41, 5.74) is 8.53. The molecule has 1 amide bonds. The van der Waals surface area contributed by atoms with Crippen molar-refractivity contribution >= 4 is 28.1 Å². The fourth-order valence-corrected chi connectivity index (χ4v) is 2.05. The van der Waals surface area contributed by atoms with Gasteiger partial charge in [0.05, 0.1) is 29.2 Å². The molecule has 0 atom stereocenters. The van der Waals surface area contributed by atoms with Crippen molar-refractivity contribution in [2.75, 3.05) is 11.1 Å². The first-order chi connectivity index (χ1) is 8.06. The van der Waals surface area contributed by atoms with E-state index in [1.807, 2.05) is 13.8 Å². The molecule has 7 heteroatoms. The van der Waals surface area contributed by atoms with Crippen molar-refractivity contribution in [1.82, 2.24) is 15.2 Å². The van der Waals surface area contributed by atoms with Crippen LogP contribution in [0.15, 0.2) is 5.38 Å². The van der Waals surface area contributed by atoms with Gasteiger partial charge >= 0.3 is 0 Å². The number of anilines is 2. The summed E-state index contributed by atoms with van der Waals surface area (Å²) in [5.74, 6) is -0.122. The number of nitrogens with two attached hydrogens (primary N) is 1. The average Bonchev–Trinajstić information content (AvgIpc) is 2.79. The number of carbonyl (C=O) groups is 1. The van der Waals surface area contributed by atoms with Gasteiger partial charge in [-0.05, 0) is 13.8 Å². The molecule has 0 saturated carbocycles. The predicted molar refractivity (Wildman–Crippen MR) is 66.9 cm³/mol. The largest absolute Gasteiger partial charge is 0.375 e. The molecule has 6 nitrogen and oxygen atoms in total. The minimum atomic E-state index is -0.122. The second-order valence-corrected chi connectivity index (χ2v) is 4.60.